The Hall–Kier alpha value is -1.46. The number of carbonyl (C=O) groups is 1. The molecule has 0 saturated carbocycles. The van der Waals surface area contributed by atoms with E-state index in [0.717, 1.165) is 29.9 Å². The number of hydrogen-bond donors (Lipinski definition) is 2. The first kappa shape index (κ1) is 13.0. The van der Waals surface area contributed by atoms with E-state index in [0.29, 0.717) is 6.54 Å². The van der Waals surface area contributed by atoms with Crippen molar-refractivity contribution in [2.75, 3.05) is 11.9 Å². The van der Waals surface area contributed by atoms with Gasteiger partial charge in [-0.15, -0.1) is 0 Å². The summed E-state index contributed by atoms with van der Waals surface area (Å²) in [6.45, 7) is 4.26. The molecule has 18 heavy (non-hydrogen) atoms. The molecule has 3 N–H and O–H groups in total. The molecule has 0 aliphatic carbocycles. The molecule has 0 aromatic carbocycles. The van der Waals surface area contributed by atoms with E-state index in [9.17, 15) is 4.79 Å². The van der Waals surface area contributed by atoms with Crippen molar-refractivity contribution in [2.45, 2.75) is 38.9 Å². The van der Waals surface area contributed by atoms with Gasteiger partial charge in [-0.3, -0.25) is 9.78 Å². The molecule has 2 heterocycles. The Kier molecular flexibility index (Phi) is 3.93. The van der Waals surface area contributed by atoms with Crippen molar-refractivity contribution in [3.63, 3.8) is 0 Å². The Morgan fingerprint density at radius 2 is 2.28 bits per heavy atom. The van der Waals surface area contributed by atoms with Crippen molar-refractivity contribution in [3.8, 4) is 0 Å². The molecule has 1 aliphatic heterocycles. The number of nitrogens with two attached hydrogens (primary N) is 1. The topological polar surface area (TPSA) is 77.2 Å². The number of ether oxygens (including phenoxy) is 1. The summed E-state index contributed by atoms with van der Waals surface area (Å²) >= 11 is 0. The van der Waals surface area contributed by atoms with Gasteiger partial charge < -0.3 is 15.8 Å². The lowest BCUT2D eigenvalue weighted by molar-refractivity contribution is -0.126. The Morgan fingerprint density at radius 1 is 1.50 bits per heavy atom. The van der Waals surface area contributed by atoms with Gasteiger partial charge in [0.1, 0.15) is 6.10 Å². The molecule has 1 amide bonds. The van der Waals surface area contributed by atoms with Gasteiger partial charge in [-0.2, -0.15) is 0 Å². The lowest BCUT2D eigenvalue weighted by Crippen LogP contribution is -2.30. The first-order valence-electron chi connectivity index (χ1n) is 6.21. The van der Waals surface area contributed by atoms with Crippen LogP contribution in [-0.4, -0.2) is 29.6 Å². The van der Waals surface area contributed by atoms with Crippen molar-refractivity contribution in [2.24, 2.45) is 5.73 Å². The molecular weight excluding hydrogens is 230 g/mol. The number of nitrogens with zero attached hydrogens (tertiary/aromatic N) is 1. The molecule has 0 radical (unpaired) electrons. The van der Waals surface area contributed by atoms with Gasteiger partial charge in [-0.25, -0.2) is 0 Å². The molecular formula is C13H19N3O2. The normalized spacial score (nSPS) is 23.1. The van der Waals surface area contributed by atoms with Crippen LogP contribution in [-0.2, 0) is 9.53 Å². The van der Waals surface area contributed by atoms with Gasteiger partial charge >= 0.3 is 0 Å². The maximum absolute atomic E-state index is 12.0. The summed E-state index contributed by atoms with van der Waals surface area (Å²) in [7, 11) is 0. The fourth-order valence-electron chi connectivity index (χ4n) is 2.10. The molecule has 0 unspecified atom stereocenters. The maximum Gasteiger partial charge on any atom is 0.253 e. The number of hydrogen-bond acceptors (Lipinski definition) is 4. The van der Waals surface area contributed by atoms with Gasteiger partial charge in [0.15, 0.2) is 0 Å². The number of aromatic nitrogens is 1. The minimum absolute atomic E-state index is 0.0120. The molecule has 2 atom stereocenters. The Labute approximate surface area is 107 Å². The number of carbonyl (C=O) groups excluding carboxylic acids is 1. The van der Waals surface area contributed by atoms with E-state index < -0.39 is 0 Å². The Bertz CT molecular complexity index is 448. The van der Waals surface area contributed by atoms with Gasteiger partial charge in [0.25, 0.3) is 5.91 Å². The molecule has 1 aromatic rings. The molecule has 0 bridgehead atoms. The number of pyridine rings is 1. The van der Waals surface area contributed by atoms with Crippen molar-refractivity contribution in [1.82, 2.24) is 4.98 Å². The zero-order chi connectivity index (χ0) is 13.1. The van der Waals surface area contributed by atoms with Crippen molar-refractivity contribution < 1.29 is 9.53 Å². The van der Waals surface area contributed by atoms with Crippen LogP contribution in [0.2, 0.25) is 0 Å². The summed E-state index contributed by atoms with van der Waals surface area (Å²) in [5.41, 5.74) is 8.02. The zero-order valence-electron chi connectivity index (χ0n) is 10.8. The van der Waals surface area contributed by atoms with Crippen LogP contribution in [0, 0.1) is 13.8 Å². The van der Waals surface area contributed by atoms with Crippen LogP contribution >= 0.6 is 0 Å². The van der Waals surface area contributed by atoms with Crippen molar-refractivity contribution >= 4 is 11.6 Å². The van der Waals surface area contributed by atoms with Gasteiger partial charge in [0.2, 0.25) is 0 Å². The smallest absolute Gasteiger partial charge is 0.253 e. The zero-order valence-corrected chi connectivity index (χ0v) is 10.8. The first-order valence-corrected chi connectivity index (χ1v) is 6.21. The molecule has 1 fully saturated rings. The molecule has 2 rings (SSSR count). The summed E-state index contributed by atoms with van der Waals surface area (Å²) < 4.78 is 5.55. The third-order valence-electron chi connectivity index (χ3n) is 3.15. The maximum atomic E-state index is 12.0. The predicted octanol–water partition coefficient (Wildman–Crippen LogP) is 1.14. The highest BCUT2D eigenvalue weighted by Gasteiger charge is 2.30. The Balaban J connectivity index is 1.99. The largest absolute Gasteiger partial charge is 0.364 e. The summed E-state index contributed by atoms with van der Waals surface area (Å²) in [6, 6.07) is 3.74. The third kappa shape index (κ3) is 2.86. The van der Waals surface area contributed by atoms with Gasteiger partial charge in [-0.1, -0.05) is 0 Å². The number of anilines is 1. The van der Waals surface area contributed by atoms with E-state index >= 15 is 0 Å². The molecule has 1 aromatic heterocycles. The van der Waals surface area contributed by atoms with Crippen molar-refractivity contribution in [3.05, 3.63) is 23.5 Å². The minimum atomic E-state index is -0.390. The number of aryl methyl sites for hydroxylation is 2. The van der Waals surface area contributed by atoms with Crippen LogP contribution in [0.3, 0.4) is 0 Å². The highest BCUT2D eigenvalue weighted by Crippen LogP contribution is 2.21. The summed E-state index contributed by atoms with van der Waals surface area (Å²) in [4.78, 5) is 16.3. The average Bonchev–Trinajstić information content (AvgIpc) is 2.81. The summed E-state index contributed by atoms with van der Waals surface area (Å²) in [5, 5.41) is 2.86. The van der Waals surface area contributed by atoms with Crippen LogP contribution in [0.15, 0.2) is 12.1 Å². The minimum Gasteiger partial charge on any atom is -0.364 e. The van der Waals surface area contributed by atoms with E-state index in [1.165, 1.54) is 0 Å². The van der Waals surface area contributed by atoms with Crippen LogP contribution in [0.25, 0.3) is 0 Å². The Morgan fingerprint density at radius 3 is 2.89 bits per heavy atom. The van der Waals surface area contributed by atoms with Crippen LogP contribution < -0.4 is 11.1 Å². The summed E-state index contributed by atoms with van der Waals surface area (Å²) in [5.74, 6) is -0.111. The second-order valence-corrected chi connectivity index (χ2v) is 4.63. The van der Waals surface area contributed by atoms with E-state index in [1.807, 2.05) is 26.0 Å². The fourth-order valence-corrected chi connectivity index (χ4v) is 2.10. The molecule has 1 aliphatic rings. The monoisotopic (exact) mass is 249 g/mol. The highest BCUT2D eigenvalue weighted by molar-refractivity contribution is 5.94. The number of rotatable bonds is 3. The first-order chi connectivity index (χ1) is 8.60. The molecule has 98 valence electrons. The molecule has 5 nitrogen and oxygen atoms in total. The molecule has 0 spiro atoms. The van der Waals surface area contributed by atoms with Crippen LogP contribution in [0.5, 0.6) is 0 Å². The highest BCUT2D eigenvalue weighted by atomic mass is 16.5. The third-order valence-corrected chi connectivity index (χ3v) is 3.15. The van der Waals surface area contributed by atoms with Gasteiger partial charge in [0.05, 0.1) is 17.5 Å². The second-order valence-electron chi connectivity index (χ2n) is 4.63. The SMILES string of the molecule is Cc1ccc(NC(=O)[C@@H]2CC[C@H](CN)O2)c(C)n1. The van der Waals surface area contributed by atoms with Gasteiger partial charge in [-0.05, 0) is 38.8 Å². The predicted molar refractivity (Wildman–Crippen MR) is 69.3 cm³/mol. The van der Waals surface area contributed by atoms with Gasteiger partial charge in [0, 0.05) is 12.2 Å². The van der Waals surface area contributed by atoms with E-state index in [2.05, 4.69) is 10.3 Å². The average molecular weight is 249 g/mol. The number of nitrogens with one attached hydrogen (secondary N) is 1. The van der Waals surface area contributed by atoms with E-state index in [1.54, 1.807) is 0 Å². The fraction of sp³-hybridized carbons (Fsp3) is 0.538. The summed E-state index contributed by atoms with van der Waals surface area (Å²) in [6.07, 6.45) is 1.20. The molecule has 1 saturated heterocycles. The quantitative estimate of drug-likeness (QED) is 0.842. The lowest BCUT2D eigenvalue weighted by Gasteiger charge is -2.13. The lowest BCUT2D eigenvalue weighted by atomic mass is 10.2. The van der Waals surface area contributed by atoms with Crippen LogP contribution in [0.1, 0.15) is 24.2 Å². The van der Waals surface area contributed by atoms with E-state index in [4.69, 9.17) is 10.5 Å². The van der Waals surface area contributed by atoms with Crippen LogP contribution in [0.4, 0.5) is 5.69 Å². The second kappa shape index (κ2) is 5.46. The number of amides is 1. The standard InChI is InChI=1S/C13H19N3O2/c1-8-3-5-11(9(2)15-8)16-13(17)12-6-4-10(7-14)18-12/h3,5,10,12H,4,6-7,14H2,1-2H3,(H,16,17)/t10-,12+/m1/s1. The van der Waals surface area contributed by atoms with E-state index in [-0.39, 0.29) is 18.1 Å². The molecule has 5 heteroatoms. The van der Waals surface area contributed by atoms with Crippen molar-refractivity contribution in [1.29, 1.82) is 0 Å².